The van der Waals surface area contributed by atoms with Gasteiger partial charge >= 0.3 is 0 Å². The number of hydrogen-bond donors (Lipinski definition) is 0. The number of halogens is 1. The molecule has 0 atom stereocenters. The minimum atomic E-state index is -1.36. The Bertz CT molecular complexity index is 1160. The Balaban J connectivity index is 1.67. The fourth-order valence-corrected chi connectivity index (χ4v) is 2.87. The van der Waals surface area contributed by atoms with Gasteiger partial charge in [0.25, 0.3) is 0 Å². The topological polar surface area (TPSA) is 0 Å². The highest BCUT2D eigenvalue weighted by Gasteiger charge is 2.07. The molecule has 0 spiro atoms. The lowest BCUT2D eigenvalue weighted by atomic mass is 10.1. The largest absolute Gasteiger partial charge is 0.207 e. The van der Waals surface area contributed by atoms with E-state index in [1.54, 1.807) is 12.1 Å². The summed E-state index contributed by atoms with van der Waals surface area (Å²) in [5, 5.41) is 0. The van der Waals surface area contributed by atoms with E-state index in [4.69, 9.17) is 0 Å². The molecule has 29 heavy (non-hydrogen) atoms. The van der Waals surface area contributed by atoms with Crippen molar-refractivity contribution >= 4 is 8.07 Å². The van der Waals surface area contributed by atoms with E-state index in [1.807, 2.05) is 48.5 Å². The van der Waals surface area contributed by atoms with E-state index in [-0.39, 0.29) is 5.82 Å². The summed E-state index contributed by atoms with van der Waals surface area (Å²) in [5.74, 6) is 15.5. The summed E-state index contributed by atoms with van der Waals surface area (Å²) in [5.41, 5.74) is 7.97. The van der Waals surface area contributed by atoms with Crippen molar-refractivity contribution in [3.05, 3.63) is 106 Å². The Morgan fingerprint density at radius 3 is 1.07 bits per heavy atom. The molecule has 0 aliphatic heterocycles. The van der Waals surface area contributed by atoms with Crippen LogP contribution in [0.15, 0.2) is 72.8 Å². The first-order valence-corrected chi connectivity index (χ1v) is 12.9. The summed E-state index contributed by atoms with van der Waals surface area (Å²) in [6.07, 6.45) is 0. The highest BCUT2D eigenvalue weighted by atomic mass is 28.3. The molecule has 0 aliphatic carbocycles. The summed E-state index contributed by atoms with van der Waals surface area (Å²) in [6, 6.07) is 22.0. The number of benzene rings is 3. The van der Waals surface area contributed by atoms with Crippen LogP contribution >= 0.6 is 0 Å². The third kappa shape index (κ3) is 6.86. The fourth-order valence-electron chi connectivity index (χ4n) is 2.36. The molecule has 0 amide bonds. The minimum Gasteiger partial charge on any atom is -0.207 e. The van der Waals surface area contributed by atoms with Crippen molar-refractivity contribution in [1.82, 2.24) is 0 Å². The van der Waals surface area contributed by atoms with Gasteiger partial charge in [-0.05, 0) is 72.8 Å². The molecule has 0 N–H and O–H groups in total. The quantitative estimate of drug-likeness (QED) is 0.332. The molecule has 3 rings (SSSR count). The Labute approximate surface area is 173 Å². The summed E-state index contributed by atoms with van der Waals surface area (Å²) < 4.78 is 12.9. The lowest BCUT2D eigenvalue weighted by Crippen LogP contribution is -2.16. The third-order valence-corrected chi connectivity index (χ3v) is 4.77. The molecular formula is C27H21FSi. The summed E-state index contributed by atoms with van der Waals surface area (Å²) >= 11 is 0. The summed E-state index contributed by atoms with van der Waals surface area (Å²) in [7, 11) is -1.36. The van der Waals surface area contributed by atoms with Crippen LogP contribution in [0.25, 0.3) is 0 Å². The Hall–Kier alpha value is -3.51. The van der Waals surface area contributed by atoms with Crippen molar-refractivity contribution in [1.29, 1.82) is 0 Å². The maximum Gasteiger partial charge on any atom is 0.129 e. The van der Waals surface area contributed by atoms with Gasteiger partial charge in [-0.1, -0.05) is 49.2 Å². The molecule has 0 nitrogen and oxygen atoms in total. The number of hydrogen-bond acceptors (Lipinski definition) is 0. The number of rotatable bonds is 0. The maximum absolute atomic E-state index is 12.9. The molecule has 0 fully saturated rings. The Kier molecular flexibility index (Phi) is 6.36. The molecule has 0 aromatic heterocycles. The van der Waals surface area contributed by atoms with Crippen molar-refractivity contribution in [2.45, 2.75) is 19.6 Å². The normalized spacial score (nSPS) is 9.93. The van der Waals surface area contributed by atoms with Crippen LogP contribution in [0.2, 0.25) is 19.6 Å². The van der Waals surface area contributed by atoms with Gasteiger partial charge < -0.3 is 0 Å². The zero-order valence-corrected chi connectivity index (χ0v) is 17.8. The first-order valence-electron chi connectivity index (χ1n) is 9.40. The van der Waals surface area contributed by atoms with Crippen LogP contribution in [0.5, 0.6) is 0 Å². The van der Waals surface area contributed by atoms with Crippen molar-refractivity contribution in [3.8, 4) is 35.1 Å². The van der Waals surface area contributed by atoms with E-state index >= 15 is 0 Å². The van der Waals surface area contributed by atoms with E-state index < -0.39 is 8.07 Å². The molecule has 140 valence electrons. The molecule has 0 radical (unpaired) electrons. The summed E-state index contributed by atoms with van der Waals surface area (Å²) in [6.45, 7) is 6.71. The van der Waals surface area contributed by atoms with Crippen LogP contribution in [0.3, 0.4) is 0 Å². The molecule has 0 unspecified atom stereocenters. The van der Waals surface area contributed by atoms with Gasteiger partial charge in [-0.15, -0.1) is 5.54 Å². The summed E-state index contributed by atoms with van der Waals surface area (Å²) in [4.78, 5) is 0. The average Bonchev–Trinajstić information content (AvgIpc) is 2.71. The van der Waals surface area contributed by atoms with Gasteiger partial charge in [-0.25, -0.2) is 4.39 Å². The molecule has 0 aliphatic rings. The first kappa shape index (κ1) is 20.2. The second kappa shape index (κ2) is 9.12. The third-order valence-electron chi connectivity index (χ3n) is 3.90. The predicted octanol–water partition coefficient (Wildman–Crippen LogP) is 5.85. The smallest absolute Gasteiger partial charge is 0.129 e. The van der Waals surface area contributed by atoms with E-state index in [1.165, 1.54) is 12.1 Å². The van der Waals surface area contributed by atoms with Crippen LogP contribution in [0, 0.1) is 41.0 Å². The van der Waals surface area contributed by atoms with Crippen molar-refractivity contribution in [2.24, 2.45) is 0 Å². The van der Waals surface area contributed by atoms with E-state index in [2.05, 4.69) is 54.8 Å². The van der Waals surface area contributed by atoms with Crippen molar-refractivity contribution in [3.63, 3.8) is 0 Å². The van der Waals surface area contributed by atoms with E-state index in [9.17, 15) is 4.39 Å². The zero-order chi connectivity index (χ0) is 20.7. The van der Waals surface area contributed by atoms with Gasteiger partial charge in [0.15, 0.2) is 0 Å². The maximum atomic E-state index is 12.9. The molecule has 0 bridgehead atoms. The van der Waals surface area contributed by atoms with E-state index in [0.29, 0.717) is 0 Å². The van der Waals surface area contributed by atoms with Gasteiger partial charge in [0.1, 0.15) is 13.9 Å². The highest BCUT2D eigenvalue weighted by molar-refractivity contribution is 6.83. The van der Waals surface area contributed by atoms with Gasteiger partial charge in [-0.3, -0.25) is 0 Å². The fraction of sp³-hybridized carbons (Fsp3) is 0.111. The lowest BCUT2D eigenvalue weighted by Gasteiger charge is -2.03. The first-order chi connectivity index (χ1) is 13.9. The molecule has 0 saturated carbocycles. The van der Waals surface area contributed by atoms with Crippen LogP contribution in [0.4, 0.5) is 4.39 Å². The van der Waals surface area contributed by atoms with Crippen LogP contribution in [0.1, 0.15) is 27.8 Å². The van der Waals surface area contributed by atoms with Crippen LogP contribution < -0.4 is 0 Å². The molecule has 0 saturated heterocycles. The highest BCUT2D eigenvalue weighted by Crippen LogP contribution is 2.06. The molecule has 0 heterocycles. The van der Waals surface area contributed by atoms with E-state index in [0.717, 1.165) is 27.8 Å². The zero-order valence-electron chi connectivity index (χ0n) is 16.8. The molecule has 3 aromatic rings. The van der Waals surface area contributed by atoms with Gasteiger partial charge in [0.2, 0.25) is 0 Å². The Morgan fingerprint density at radius 2 is 0.759 bits per heavy atom. The van der Waals surface area contributed by atoms with Crippen molar-refractivity contribution in [2.75, 3.05) is 0 Å². The van der Waals surface area contributed by atoms with Crippen molar-refractivity contribution < 1.29 is 4.39 Å². The average molecular weight is 393 g/mol. The standard InChI is InChI=1S/C27H21FSi/c1-29(2,3)21-20-26-14-12-24(13-15-26)9-8-22-4-6-23(7-5-22)10-11-25-16-18-27(28)19-17-25/h4-7,12-19H,1-3H3. The van der Waals surface area contributed by atoms with Crippen LogP contribution in [-0.4, -0.2) is 8.07 Å². The molecule has 3 aromatic carbocycles. The monoisotopic (exact) mass is 392 g/mol. The SMILES string of the molecule is C[Si](C)(C)C#Cc1ccc(C#Cc2ccc(C#Cc3ccc(F)cc3)cc2)cc1. The van der Waals surface area contributed by atoms with Crippen LogP contribution in [-0.2, 0) is 0 Å². The van der Waals surface area contributed by atoms with Gasteiger partial charge in [-0.2, -0.15) is 0 Å². The molecule has 2 heteroatoms. The minimum absolute atomic E-state index is 0.257. The molecular weight excluding hydrogens is 371 g/mol. The van der Waals surface area contributed by atoms with Gasteiger partial charge in [0, 0.05) is 27.8 Å². The second-order valence-corrected chi connectivity index (χ2v) is 12.4. The predicted molar refractivity (Wildman–Crippen MR) is 121 cm³/mol. The Morgan fingerprint density at radius 1 is 0.483 bits per heavy atom. The lowest BCUT2D eigenvalue weighted by molar-refractivity contribution is 0.627. The second-order valence-electron chi connectivity index (χ2n) is 7.66. The van der Waals surface area contributed by atoms with Gasteiger partial charge in [0.05, 0.1) is 0 Å².